The molecule has 94 valence electrons. The van der Waals surface area contributed by atoms with Crippen molar-refractivity contribution in [3.63, 3.8) is 0 Å². The molecule has 0 spiro atoms. The zero-order valence-electron chi connectivity index (χ0n) is 10.7. The van der Waals surface area contributed by atoms with E-state index >= 15 is 0 Å². The second-order valence-corrected chi connectivity index (χ2v) is 4.07. The van der Waals surface area contributed by atoms with E-state index in [1.807, 2.05) is 25.1 Å². The first kappa shape index (κ1) is 13.6. The minimum Gasteiger partial charge on any atom is -0.497 e. The molecule has 0 heterocycles. The highest BCUT2D eigenvalue weighted by molar-refractivity contribution is 5.41. The summed E-state index contributed by atoms with van der Waals surface area (Å²) in [6, 6.07) is 5.84. The van der Waals surface area contributed by atoms with Crippen LogP contribution in [-0.4, -0.2) is 20.3 Å². The molecular formula is C14H21NO2. The van der Waals surface area contributed by atoms with Gasteiger partial charge in [-0.3, -0.25) is 0 Å². The minimum absolute atomic E-state index is 0.614. The average Bonchev–Trinajstić information content (AvgIpc) is 2.31. The molecule has 0 aliphatic heterocycles. The van der Waals surface area contributed by atoms with Crippen LogP contribution in [0.25, 0.3) is 0 Å². The van der Waals surface area contributed by atoms with Crippen molar-refractivity contribution in [2.45, 2.75) is 19.8 Å². The minimum atomic E-state index is 0.614. The fourth-order valence-electron chi connectivity index (χ4n) is 1.49. The van der Waals surface area contributed by atoms with Crippen LogP contribution in [-0.2, 0) is 6.42 Å². The van der Waals surface area contributed by atoms with Crippen molar-refractivity contribution in [2.75, 3.05) is 20.3 Å². The summed E-state index contributed by atoms with van der Waals surface area (Å²) in [6.45, 7) is 7.10. The maximum Gasteiger partial charge on any atom is 0.126 e. The molecule has 3 heteroatoms. The van der Waals surface area contributed by atoms with E-state index in [9.17, 15) is 0 Å². The van der Waals surface area contributed by atoms with Gasteiger partial charge in [0.1, 0.15) is 11.5 Å². The maximum atomic E-state index is 5.75. The SMILES string of the molecule is C=C(C)CCOc1cc(OC)ccc1CCN. The zero-order valence-corrected chi connectivity index (χ0v) is 10.7. The lowest BCUT2D eigenvalue weighted by Crippen LogP contribution is -2.06. The Morgan fingerprint density at radius 3 is 2.76 bits per heavy atom. The Kier molecular flexibility index (Phi) is 5.57. The zero-order chi connectivity index (χ0) is 12.7. The highest BCUT2D eigenvalue weighted by atomic mass is 16.5. The van der Waals surface area contributed by atoms with E-state index in [2.05, 4.69) is 6.58 Å². The number of nitrogens with two attached hydrogens (primary N) is 1. The summed E-state index contributed by atoms with van der Waals surface area (Å²) in [5.41, 5.74) is 7.82. The molecule has 0 aliphatic rings. The van der Waals surface area contributed by atoms with Crippen molar-refractivity contribution >= 4 is 0 Å². The third kappa shape index (κ3) is 4.49. The fraction of sp³-hybridized carbons (Fsp3) is 0.429. The first-order valence-electron chi connectivity index (χ1n) is 5.81. The molecule has 17 heavy (non-hydrogen) atoms. The van der Waals surface area contributed by atoms with Crippen LogP contribution in [0.1, 0.15) is 18.9 Å². The summed E-state index contributed by atoms with van der Waals surface area (Å²) in [6.07, 6.45) is 1.67. The number of hydrogen-bond acceptors (Lipinski definition) is 3. The van der Waals surface area contributed by atoms with Gasteiger partial charge >= 0.3 is 0 Å². The molecule has 0 saturated carbocycles. The molecule has 0 bridgehead atoms. The summed E-state index contributed by atoms with van der Waals surface area (Å²) >= 11 is 0. The lowest BCUT2D eigenvalue weighted by Gasteiger charge is -2.12. The number of benzene rings is 1. The molecule has 0 fully saturated rings. The summed E-state index contributed by atoms with van der Waals surface area (Å²) < 4.78 is 10.9. The molecule has 2 N–H and O–H groups in total. The molecule has 0 amide bonds. The average molecular weight is 235 g/mol. The lowest BCUT2D eigenvalue weighted by atomic mass is 10.1. The van der Waals surface area contributed by atoms with E-state index in [1.165, 1.54) is 0 Å². The summed E-state index contributed by atoms with van der Waals surface area (Å²) in [5.74, 6) is 1.66. The number of methoxy groups -OCH3 is 1. The van der Waals surface area contributed by atoms with Gasteiger partial charge < -0.3 is 15.2 Å². The van der Waals surface area contributed by atoms with E-state index in [4.69, 9.17) is 15.2 Å². The van der Waals surface area contributed by atoms with Gasteiger partial charge in [-0.2, -0.15) is 0 Å². The molecule has 0 aliphatic carbocycles. The molecule has 0 aromatic heterocycles. The molecule has 0 unspecified atom stereocenters. The van der Waals surface area contributed by atoms with Crippen LogP contribution < -0.4 is 15.2 Å². The van der Waals surface area contributed by atoms with Crippen LogP contribution in [0.15, 0.2) is 30.4 Å². The molecule has 0 saturated heterocycles. The van der Waals surface area contributed by atoms with Gasteiger partial charge in [0.25, 0.3) is 0 Å². The smallest absolute Gasteiger partial charge is 0.126 e. The Hall–Kier alpha value is -1.48. The highest BCUT2D eigenvalue weighted by Gasteiger charge is 2.05. The molecule has 0 radical (unpaired) electrons. The van der Waals surface area contributed by atoms with Crippen molar-refractivity contribution in [2.24, 2.45) is 5.73 Å². The topological polar surface area (TPSA) is 44.5 Å². The van der Waals surface area contributed by atoms with Crippen molar-refractivity contribution in [1.29, 1.82) is 0 Å². The number of ether oxygens (including phenoxy) is 2. The van der Waals surface area contributed by atoms with Crippen LogP contribution in [0.4, 0.5) is 0 Å². The van der Waals surface area contributed by atoms with Gasteiger partial charge in [0.15, 0.2) is 0 Å². The molecule has 0 atom stereocenters. The summed E-state index contributed by atoms with van der Waals surface area (Å²) in [7, 11) is 1.65. The van der Waals surface area contributed by atoms with E-state index in [-0.39, 0.29) is 0 Å². The van der Waals surface area contributed by atoms with E-state index in [1.54, 1.807) is 7.11 Å². The molecular weight excluding hydrogens is 214 g/mol. The quantitative estimate of drug-likeness (QED) is 0.739. The van der Waals surface area contributed by atoms with Crippen molar-refractivity contribution < 1.29 is 9.47 Å². The Balaban J connectivity index is 2.73. The molecule has 1 aromatic carbocycles. The second-order valence-electron chi connectivity index (χ2n) is 4.07. The van der Waals surface area contributed by atoms with Crippen LogP contribution >= 0.6 is 0 Å². The molecule has 1 aromatic rings. The molecule has 3 nitrogen and oxygen atoms in total. The van der Waals surface area contributed by atoms with E-state index < -0.39 is 0 Å². The maximum absolute atomic E-state index is 5.75. The van der Waals surface area contributed by atoms with Crippen LogP contribution in [0.2, 0.25) is 0 Å². The third-order valence-electron chi connectivity index (χ3n) is 2.47. The van der Waals surface area contributed by atoms with Crippen molar-refractivity contribution in [3.8, 4) is 11.5 Å². The standard InChI is InChI=1S/C14H21NO2/c1-11(2)7-9-17-14-10-13(16-3)5-4-12(14)6-8-15/h4-5,10H,1,6-9,15H2,2-3H3. The van der Waals surface area contributed by atoms with E-state index in [0.717, 1.165) is 35.5 Å². The molecule has 1 rings (SSSR count). The Bertz CT molecular complexity index is 374. The first-order valence-corrected chi connectivity index (χ1v) is 5.81. The second kappa shape index (κ2) is 6.97. The fourth-order valence-corrected chi connectivity index (χ4v) is 1.49. The summed E-state index contributed by atoms with van der Waals surface area (Å²) in [5, 5.41) is 0. The van der Waals surface area contributed by atoms with Crippen LogP contribution in [0.3, 0.4) is 0 Å². The lowest BCUT2D eigenvalue weighted by molar-refractivity contribution is 0.315. The Labute approximate surface area is 103 Å². The van der Waals surface area contributed by atoms with Gasteiger partial charge in [-0.25, -0.2) is 0 Å². The van der Waals surface area contributed by atoms with Crippen molar-refractivity contribution in [1.82, 2.24) is 0 Å². The highest BCUT2D eigenvalue weighted by Crippen LogP contribution is 2.25. The van der Waals surface area contributed by atoms with Crippen molar-refractivity contribution in [3.05, 3.63) is 35.9 Å². The first-order chi connectivity index (χ1) is 8.17. The van der Waals surface area contributed by atoms with Crippen LogP contribution in [0, 0.1) is 0 Å². The van der Waals surface area contributed by atoms with Gasteiger partial charge in [0, 0.05) is 12.5 Å². The van der Waals surface area contributed by atoms with Gasteiger partial charge in [-0.15, -0.1) is 6.58 Å². The monoisotopic (exact) mass is 235 g/mol. The van der Waals surface area contributed by atoms with Gasteiger partial charge in [-0.05, 0) is 31.5 Å². The van der Waals surface area contributed by atoms with Gasteiger partial charge in [-0.1, -0.05) is 11.6 Å². The number of rotatable bonds is 7. The summed E-state index contributed by atoms with van der Waals surface area (Å²) in [4.78, 5) is 0. The number of hydrogen-bond donors (Lipinski definition) is 1. The van der Waals surface area contributed by atoms with Gasteiger partial charge in [0.2, 0.25) is 0 Å². The predicted octanol–water partition coefficient (Wildman–Crippen LogP) is 2.54. The normalized spacial score (nSPS) is 10.1. The predicted molar refractivity (Wildman–Crippen MR) is 70.7 cm³/mol. The third-order valence-corrected chi connectivity index (χ3v) is 2.47. The van der Waals surface area contributed by atoms with E-state index in [0.29, 0.717) is 13.2 Å². The van der Waals surface area contributed by atoms with Gasteiger partial charge in [0.05, 0.1) is 13.7 Å². The Morgan fingerprint density at radius 2 is 2.18 bits per heavy atom. The Morgan fingerprint density at radius 1 is 1.41 bits per heavy atom. The largest absolute Gasteiger partial charge is 0.497 e. The van der Waals surface area contributed by atoms with Crippen LogP contribution in [0.5, 0.6) is 11.5 Å².